The average molecular weight is 639 g/mol. The van der Waals surface area contributed by atoms with Gasteiger partial charge >= 0.3 is 0 Å². The molecule has 0 N–H and O–H groups in total. The molecule has 2 heterocycles. The Morgan fingerprint density at radius 3 is 1.64 bits per heavy atom. The van der Waals surface area contributed by atoms with Crippen molar-refractivity contribution in [3.63, 3.8) is 0 Å². The Kier molecular flexibility index (Phi) is 6.67. The van der Waals surface area contributed by atoms with E-state index in [0.717, 1.165) is 18.5 Å². The minimum atomic E-state index is 1.11. The van der Waals surface area contributed by atoms with Crippen molar-refractivity contribution in [1.82, 2.24) is 9.13 Å². The molecule has 0 fully saturated rings. The van der Waals surface area contributed by atoms with Gasteiger partial charge in [0.1, 0.15) is 0 Å². The minimum Gasteiger partial charge on any atom is -0.309 e. The molecule has 2 aromatic heterocycles. The number of hydrogen-bond acceptors (Lipinski definition) is 0. The van der Waals surface area contributed by atoms with Crippen LogP contribution in [0.1, 0.15) is 18.4 Å². The van der Waals surface area contributed by atoms with Crippen LogP contribution in [0.5, 0.6) is 0 Å². The molecule has 50 heavy (non-hydrogen) atoms. The molecule has 0 saturated carbocycles. The van der Waals surface area contributed by atoms with Gasteiger partial charge in [-0.15, -0.1) is 0 Å². The predicted molar refractivity (Wildman–Crippen MR) is 212 cm³/mol. The van der Waals surface area contributed by atoms with Crippen LogP contribution in [0.25, 0.3) is 82.8 Å². The highest BCUT2D eigenvalue weighted by molar-refractivity contribution is 6.29. The van der Waals surface area contributed by atoms with Crippen LogP contribution in [0, 0.1) is 0 Å². The molecule has 0 bridgehead atoms. The number of hydrogen-bond donors (Lipinski definition) is 0. The molecule has 0 radical (unpaired) electrons. The van der Waals surface area contributed by atoms with E-state index in [1.54, 1.807) is 0 Å². The van der Waals surface area contributed by atoms with Gasteiger partial charge in [0, 0.05) is 32.8 Å². The molecule has 1 aliphatic rings. The Morgan fingerprint density at radius 2 is 0.960 bits per heavy atom. The second kappa shape index (κ2) is 11.6. The summed E-state index contributed by atoms with van der Waals surface area (Å²) < 4.78 is 4.89. The summed E-state index contributed by atoms with van der Waals surface area (Å²) in [6.45, 7) is 0. The van der Waals surface area contributed by atoms with Gasteiger partial charge in [-0.3, -0.25) is 0 Å². The van der Waals surface area contributed by atoms with Crippen molar-refractivity contribution in [3.05, 3.63) is 188 Å². The highest BCUT2D eigenvalue weighted by Gasteiger charge is 2.21. The average Bonchev–Trinajstić information content (AvgIpc) is 3.71. The van der Waals surface area contributed by atoms with Crippen LogP contribution >= 0.6 is 0 Å². The third-order valence-electron chi connectivity index (χ3n) is 10.4. The van der Waals surface area contributed by atoms with Gasteiger partial charge in [-0.05, 0) is 83.1 Å². The lowest BCUT2D eigenvalue weighted by Crippen LogP contribution is -1.97. The van der Waals surface area contributed by atoms with E-state index < -0.39 is 0 Å². The van der Waals surface area contributed by atoms with Crippen LogP contribution < -0.4 is 0 Å². The number of aromatic nitrogens is 2. The van der Waals surface area contributed by atoms with Crippen molar-refractivity contribution in [2.45, 2.75) is 12.8 Å². The SMILES string of the molecule is C1=CCCC(c2ccc(-c3ccc(-n4c5ccccc5c5c6c7ccccc7n(-c7ccccc7-c7ccccc7)c6ccc54)cc3)cc2)=C1. The highest BCUT2D eigenvalue weighted by Crippen LogP contribution is 2.43. The van der Waals surface area contributed by atoms with Gasteiger partial charge in [0.2, 0.25) is 0 Å². The fourth-order valence-electron chi connectivity index (χ4n) is 8.11. The molecule has 0 amide bonds. The number of nitrogens with zero attached hydrogens (tertiary/aromatic N) is 2. The van der Waals surface area contributed by atoms with E-state index in [9.17, 15) is 0 Å². The molecule has 0 aliphatic heterocycles. The van der Waals surface area contributed by atoms with E-state index in [0.29, 0.717) is 0 Å². The molecule has 0 unspecified atom stereocenters. The van der Waals surface area contributed by atoms with Crippen LogP contribution in [0.15, 0.2) is 182 Å². The summed E-state index contributed by atoms with van der Waals surface area (Å²) in [5, 5.41) is 5.10. The first-order valence-electron chi connectivity index (χ1n) is 17.5. The first-order chi connectivity index (χ1) is 24.8. The van der Waals surface area contributed by atoms with Gasteiger partial charge in [0.05, 0.1) is 27.8 Å². The molecule has 0 atom stereocenters. The molecule has 1 aliphatic carbocycles. The standard InChI is InChI=1S/C48H34N2/c1-3-13-33(14-4-1)34-23-25-35(26-24-34)36-27-29-38(30-28-36)49-43-21-11-8-18-40(43)47-45(49)31-32-46-48(47)41-19-9-12-22-44(41)50(46)42-20-10-7-17-39(42)37-15-5-2-6-16-37/h1-3,5-13,15-32H,4,14H2. The first kappa shape index (κ1) is 28.6. The molecule has 7 aromatic carbocycles. The summed E-state index contributed by atoms with van der Waals surface area (Å²) in [5.41, 5.74) is 14.8. The number of allylic oxidation sites excluding steroid dienone is 4. The quantitative estimate of drug-likeness (QED) is 0.178. The zero-order valence-electron chi connectivity index (χ0n) is 27.6. The third kappa shape index (κ3) is 4.49. The van der Waals surface area contributed by atoms with Crippen molar-refractivity contribution in [1.29, 1.82) is 0 Å². The molecule has 9 aromatic rings. The minimum absolute atomic E-state index is 1.11. The van der Waals surface area contributed by atoms with Crippen LogP contribution in [0.2, 0.25) is 0 Å². The van der Waals surface area contributed by atoms with E-state index in [1.165, 1.54) is 82.7 Å². The van der Waals surface area contributed by atoms with Crippen molar-refractivity contribution >= 4 is 49.2 Å². The summed E-state index contributed by atoms with van der Waals surface area (Å²) in [6.07, 6.45) is 8.89. The number of fused-ring (bicyclic) bond motifs is 7. The first-order valence-corrected chi connectivity index (χ1v) is 17.5. The zero-order valence-corrected chi connectivity index (χ0v) is 27.6. The van der Waals surface area contributed by atoms with Gasteiger partial charge < -0.3 is 9.13 Å². The summed E-state index contributed by atoms with van der Waals surface area (Å²) in [7, 11) is 0. The third-order valence-corrected chi connectivity index (χ3v) is 10.4. The topological polar surface area (TPSA) is 9.86 Å². The largest absolute Gasteiger partial charge is 0.309 e. The normalized spacial score (nSPS) is 13.1. The molecule has 10 rings (SSSR count). The summed E-state index contributed by atoms with van der Waals surface area (Å²) in [5.74, 6) is 0. The summed E-state index contributed by atoms with van der Waals surface area (Å²) >= 11 is 0. The van der Waals surface area contributed by atoms with Gasteiger partial charge in [-0.2, -0.15) is 0 Å². The molecular formula is C48H34N2. The maximum atomic E-state index is 2.46. The second-order valence-corrected chi connectivity index (χ2v) is 13.2. The number of rotatable bonds is 5. The molecule has 2 nitrogen and oxygen atoms in total. The van der Waals surface area contributed by atoms with Gasteiger partial charge in [-0.25, -0.2) is 0 Å². The highest BCUT2D eigenvalue weighted by atomic mass is 15.0. The maximum absolute atomic E-state index is 2.46. The van der Waals surface area contributed by atoms with Crippen molar-refractivity contribution in [2.24, 2.45) is 0 Å². The number of benzene rings is 7. The van der Waals surface area contributed by atoms with Crippen molar-refractivity contribution in [3.8, 4) is 33.6 Å². The Hall–Kier alpha value is -6.38. The molecular weight excluding hydrogens is 605 g/mol. The van der Waals surface area contributed by atoms with E-state index in [2.05, 4.69) is 191 Å². The molecule has 236 valence electrons. The van der Waals surface area contributed by atoms with Crippen LogP contribution in [0.4, 0.5) is 0 Å². The lowest BCUT2D eigenvalue weighted by atomic mass is 9.95. The van der Waals surface area contributed by atoms with E-state index in [1.807, 2.05) is 0 Å². The summed E-state index contributed by atoms with van der Waals surface area (Å²) in [4.78, 5) is 0. The summed E-state index contributed by atoms with van der Waals surface area (Å²) in [6, 6.07) is 60.0. The molecule has 0 spiro atoms. The Morgan fingerprint density at radius 1 is 0.400 bits per heavy atom. The van der Waals surface area contributed by atoms with E-state index in [4.69, 9.17) is 0 Å². The smallest absolute Gasteiger partial charge is 0.0549 e. The van der Waals surface area contributed by atoms with Crippen LogP contribution in [-0.2, 0) is 0 Å². The Bertz CT molecular complexity index is 2770. The van der Waals surface area contributed by atoms with Gasteiger partial charge in [-0.1, -0.05) is 140 Å². The Labute approximate surface area is 291 Å². The van der Waals surface area contributed by atoms with Crippen LogP contribution in [0.3, 0.4) is 0 Å². The lowest BCUT2D eigenvalue weighted by Gasteiger charge is -2.14. The lowest BCUT2D eigenvalue weighted by molar-refractivity contribution is 1.05. The van der Waals surface area contributed by atoms with Gasteiger partial charge in [0.15, 0.2) is 0 Å². The second-order valence-electron chi connectivity index (χ2n) is 13.2. The fourth-order valence-corrected chi connectivity index (χ4v) is 8.11. The van der Waals surface area contributed by atoms with E-state index in [-0.39, 0.29) is 0 Å². The monoisotopic (exact) mass is 638 g/mol. The van der Waals surface area contributed by atoms with Crippen molar-refractivity contribution in [2.75, 3.05) is 0 Å². The van der Waals surface area contributed by atoms with E-state index >= 15 is 0 Å². The fraction of sp³-hybridized carbons (Fsp3) is 0.0417. The number of para-hydroxylation sites is 3. The van der Waals surface area contributed by atoms with Crippen molar-refractivity contribution < 1.29 is 0 Å². The van der Waals surface area contributed by atoms with Crippen LogP contribution in [-0.4, -0.2) is 9.13 Å². The molecule has 2 heteroatoms. The zero-order chi connectivity index (χ0) is 33.0. The molecule has 0 saturated heterocycles. The maximum Gasteiger partial charge on any atom is 0.0549 e. The predicted octanol–water partition coefficient (Wildman–Crippen LogP) is 12.9. The van der Waals surface area contributed by atoms with Gasteiger partial charge in [0.25, 0.3) is 0 Å². The Balaban J connectivity index is 1.15.